The van der Waals surface area contributed by atoms with Crippen LogP contribution in [-0.2, 0) is 6.54 Å². The molecule has 1 atom stereocenters. The van der Waals surface area contributed by atoms with E-state index in [4.69, 9.17) is 17.3 Å². The highest BCUT2D eigenvalue weighted by Crippen LogP contribution is 2.34. The molecule has 19 heavy (non-hydrogen) atoms. The SMILES string of the molecule is NC1CN(Cc2ccc(Cl)cc2)c2ccc(F)cc21. The van der Waals surface area contributed by atoms with E-state index in [1.54, 1.807) is 6.07 Å². The van der Waals surface area contributed by atoms with Crippen LogP contribution in [0, 0.1) is 5.82 Å². The Morgan fingerprint density at radius 2 is 1.95 bits per heavy atom. The van der Waals surface area contributed by atoms with Gasteiger partial charge in [-0.25, -0.2) is 4.39 Å². The fraction of sp³-hybridized carbons (Fsp3) is 0.200. The molecule has 98 valence electrons. The Morgan fingerprint density at radius 1 is 1.21 bits per heavy atom. The van der Waals surface area contributed by atoms with Crippen molar-refractivity contribution in [2.75, 3.05) is 11.4 Å². The second-order valence-corrected chi connectivity index (χ2v) is 5.25. The first-order valence-corrected chi connectivity index (χ1v) is 6.56. The minimum Gasteiger partial charge on any atom is -0.365 e. The van der Waals surface area contributed by atoms with Crippen LogP contribution in [0.4, 0.5) is 10.1 Å². The molecule has 0 aliphatic carbocycles. The predicted octanol–water partition coefficient (Wildman–Crippen LogP) is 3.50. The first-order chi connectivity index (χ1) is 9.13. The van der Waals surface area contributed by atoms with Crippen molar-refractivity contribution < 1.29 is 4.39 Å². The summed E-state index contributed by atoms with van der Waals surface area (Å²) in [6.07, 6.45) is 0. The molecular formula is C15H14ClFN2. The zero-order valence-electron chi connectivity index (χ0n) is 10.3. The molecule has 0 spiro atoms. The van der Waals surface area contributed by atoms with Crippen molar-refractivity contribution >= 4 is 17.3 Å². The standard InChI is InChI=1S/C15H14ClFN2/c16-11-3-1-10(2-4-11)8-19-9-14(18)13-7-12(17)5-6-15(13)19/h1-7,14H,8-9,18H2. The Labute approximate surface area is 116 Å². The van der Waals surface area contributed by atoms with Gasteiger partial charge in [-0.2, -0.15) is 0 Å². The van der Waals surface area contributed by atoms with E-state index in [0.717, 1.165) is 28.4 Å². The third-order valence-electron chi connectivity index (χ3n) is 3.43. The number of fused-ring (bicyclic) bond motifs is 1. The number of nitrogens with two attached hydrogens (primary N) is 1. The van der Waals surface area contributed by atoms with Gasteiger partial charge in [0.15, 0.2) is 0 Å². The maximum atomic E-state index is 13.2. The highest BCUT2D eigenvalue weighted by Gasteiger charge is 2.26. The fourth-order valence-electron chi connectivity index (χ4n) is 2.50. The monoisotopic (exact) mass is 276 g/mol. The summed E-state index contributed by atoms with van der Waals surface area (Å²) in [4.78, 5) is 2.17. The van der Waals surface area contributed by atoms with Gasteiger partial charge < -0.3 is 10.6 Å². The molecule has 1 heterocycles. The highest BCUT2D eigenvalue weighted by atomic mass is 35.5. The molecule has 0 fully saturated rings. The molecule has 0 radical (unpaired) electrons. The van der Waals surface area contributed by atoms with Crippen LogP contribution in [0.15, 0.2) is 42.5 Å². The molecule has 0 saturated carbocycles. The number of anilines is 1. The smallest absolute Gasteiger partial charge is 0.123 e. The van der Waals surface area contributed by atoms with E-state index >= 15 is 0 Å². The van der Waals surface area contributed by atoms with Crippen LogP contribution in [-0.4, -0.2) is 6.54 Å². The molecule has 1 aliphatic heterocycles. The number of nitrogens with zero attached hydrogens (tertiary/aromatic N) is 1. The van der Waals surface area contributed by atoms with Gasteiger partial charge in [0.1, 0.15) is 5.82 Å². The van der Waals surface area contributed by atoms with Crippen LogP contribution in [0.5, 0.6) is 0 Å². The minimum absolute atomic E-state index is 0.127. The van der Waals surface area contributed by atoms with Crippen molar-refractivity contribution in [3.63, 3.8) is 0 Å². The second-order valence-electron chi connectivity index (χ2n) is 4.82. The number of rotatable bonds is 2. The third kappa shape index (κ3) is 2.44. The average Bonchev–Trinajstić information content (AvgIpc) is 2.69. The van der Waals surface area contributed by atoms with Gasteiger partial charge in [0.25, 0.3) is 0 Å². The predicted molar refractivity (Wildman–Crippen MR) is 75.8 cm³/mol. The van der Waals surface area contributed by atoms with Crippen molar-refractivity contribution in [2.45, 2.75) is 12.6 Å². The minimum atomic E-state index is -0.234. The van der Waals surface area contributed by atoms with E-state index in [-0.39, 0.29) is 11.9 Å². The third-order valence-corrected chi connectivity index (χ3v) is 3.69. The van der Waals surface area contributed by atoms with Crippen LogP contribution in [0.1, 0.15) is 17.2 Å². The van der Waals surface area contributed by atoms with Crippen LogP contribution >= 0.6 is 11.6 Å². The van der Waals surface area contributed by atoms with Gasteiger partial charge in [-0.05, 0) is 41.5 Å². The first kappa shape index (κ1) is 12.5. The van der Waals surface area contributed by atoms with Gasteiger partial charge in [-0.15, -0.1) is 0 Å². The topological polar surface area (TPSA) is 29.3 Å². The van der Waals surface area contributed by atoms with Crippen molar-refractivity contribution in [2.24, 2.45) is 5.73 Å². The maximum Gasteiger partial charge on any atom is 0.123 e. The number of hydrogen-bond acceptors (Lipinski definition) is 2. The fourth-order valence-corrected chi connectivity index (χ4v) is 2.63. The molecular weight excluding hydrogens is 263 g/mol. The summed E-state index contributed by atoms with van der Waals surface area (Å²) in [5.74, 6) is -0.234. The molecule has 2 aromatic carbocycles. The molecule has 4 heteroatoms. The molecule has 2 N–H and O–H groups in total. The molecule has 0 aromatic heterocycles. The largest absolute Gasteiger partial charge is 0.365 e. The summed E-state index contributed by atoms with van der Waals surface area (Å²) in [5.41, 5.74) is 9.12. The van der Waals surface area contributed by atoms with Crippen LogP contribution in [0.25, 0.3) is 0 Å². The zero-order valence-corrected chi connectivity index (χ0v) is 11.1. The Bertz CT molecular complexity index is 598. The van der Waals surface area contributed by atoms with Gasteiger partial charge in [-0.1, -0.05) is 23.7 Å². The Balaban J connectivity index is 1.86. The summed E-state index contributed by atoms with van der Waals surface area (Å²) in [6, 6.07) is 12.4. The normalized spacial score (nSPS) is 17.6. The second kappa shape index (κ2) is 4.83. The molecule has 0 bridgehead atoms. The summed E-state index contributed by atoms with van der Waals surface area (Å²) in [6.45, 7) is 1.46. The number of hydrogen-bond donors (Lipinski definition) is 1. The quantitative estimate of drug-likeness (QED) is 0.910. The first-order valence-electron chi connectivity index (χ1n) is 6.18. The van der Waals surface area contributed by atoms with Crippen molar-refractivity contribution in [3.05, 3.63) is 64.4 Å². The van der Waals surface area contributed by atoms with Crippen LogP contribution in [0.3, 0.4) is 0 Å². The summed E-state index contributed by atoms with van der Waals surface area (Å²) in [5, 5.41) is 0.726. The molecule has 1 aliphatic rings. The van der Waals surface area contributed by atoms with Crippen LogP contribution in [0.2, 0.25) is 5.02 Å². The van der Waals surface area contributed by atoms with Crippen molar-refractivity contribution in [3.8, 4) is 0 Å². The van der Waals surface area contributed by atoms with E-state index in [1.807, 2.05) is 24.3 Å². The molecule has 3 rings (SSSR count). The van der Waals surface area contributed by atoms with E-state index in [1.165, 1.54) is 12.1 Å². The van der Waals surface area contributed by atoms with Crippen molar-refractivity contribution in [1.29, 1.82) is 0 Å². The van der Waals surface area contributed by atoms with Crippen LogP contribution < -0.4 is 10.6 Å². The average molecular weight is 277 g/mol. The van der Waals surface area contributed by atoms with E-state index in [0.29, 0.717) is 6.54 Å². The number of halogens is 2. The van der Waals surface area contributed by atoms with E-state index in [2.05, 4.69) is 4.90 Å². The molecule has 0 amide bonds. The van der Waals surface area contributed by atoms with Gasteiger partial charge in [0.2, 0.25) is 0 Å². The van der Waals surface area contributed by atoms with Gasteiger partial charge >= 0.3 is 0 Å². The van der Waals surface area contributed by atoms with Crippen molar-refractivity contribution in [1.82, 2.24) is 0 Å². The van der Waals surface area contributed by atoms with Gasteiger partial charge in [0.05, 0.1) is 0 Å². The summed E-state index contributed by atoms with van der Waals surface area (Å²) >= 11 is 5.87. The zero-order chi connectivity index (χ0) is 13.4. The summed E-state index contributed by atoms with van der Waals surface area (Å²) in [7, 11) is 0. The van der Waals surface area contributed by atoms with Gasteiger partial charge in [-0.3, -0.25) is 0 Å². The van der Waals surface area contributed by atoms with E-state index < -0.39 is 0 Å². The van der Waals surface area contributed by atoms with Gasteiger partial charge in [0, 0.05) is 29.8 Å². The highest BCUT2D eigenvalue weighted by molar-refractivity contribution is 6.30. The lowest BCUT2D eigenvalue weighted by atomic mass is 10.1. The molecule has 0 saturated heterocycles. The lowest BCUT2D eigenvalue weighted by molar-refractivity contribution is 0.624. The molecule has 1 unspecified atom stereocenters. The Hall–Kier alpha value is -1.58. The molecule has 2 nitrogen and oxygen atoms in total. The lowest BCUT2D eigenvalue weighted by Crippen LogP contribution is -2.23. The van der Waals surface area contributed by atoms with E-state index in [9.17, 15) is 4.39 Å². The molecule has 2 aromatic rings. The summed E-state index contributed by atoms with van der Waals surface area (Å²) < 4.78 is 13.2. The maximum absolute atomic E-state index is 13.2. The Morgan fingerprint density at radius 3 is 2.68 bits per heavy atom. The Kier molecular flexibility index (Phi) is 3.17. The number of benzene rings is 2. The lowest BCUT2D eigenvalue weighted by Gasteiger charge is -2.19.